The molecule has 0 aliphatic carbocycles. The zero-order valence-corrected chi connectivity index (χ0v) is 21.6. The summed E-state index contributed by atoms with van der Waals surface area (Å²) in [5, 5.41) is 17.8. The highest BCUT2D eigenvalue weighted by Crippen LogP contribution is 2.17. The fourth-order valence-corrected chi connectivity index (χ4v) is 4.92. The number of non-ortho nitro benzene ring substituents is 1. The number of nitrogens with one attached hydrogen (secondary N) is 1. The van der Waals surface area contributed by atoms with Crippen LogP contribution in [-0.2, 0) is 34.1 Å². The van der Waals surface area contributed by atoms with Gasteiger partial charge in [0.15, 0.2) is 15.5 Å². The molecule has 0 aliphatic rings. The molecule has 1 amide bonds. The van der Waals surface area contributed by atoms with E-state index in [0.717, 1.165) is 0 Å². The zero-order valence-electron chi connectivity index (χ0n) is 20.8. The Balaban J connectivity index is 1.36. The van der Waals surface area contributed by atoms with Gasteiger partial charge in [0, 0.05) is 18.7 Å². The predicted octanol–water partition coefficient (Wildman–Crippen LogP) is 2.09. The molecule has 13 heteroatoms. The van der Waals surface area contributed by atoms with E-state index in [-0.39, 0.29) is 48.1 Å². The van der Waals surface area contributed by atoms with E-state index in [0.29, 0.717) is 22.2 Å². The molecular weight excluding hydrogens is 512 g/mol. The summed E-state index contributed by atoms with van der Waals surface area (Å²) in [7, 11) is -3.37. The van der Waals surface area contributed by atoms with E-state index in [2.05, 4.69) is 15.4 Å². The van der Waals surface area contributed by atoms with Gasteiger partial charge in [-0.3, -0.25) is 24.3 Å². The monoisotopic (exact) mass is 538 g/mol. The number of amides is 1. The van der Waals surface area contributed by atoms with Gasteiger partial charge in [-0.15, -0.1) is 0 Å². The van der Waals surface area contributed by atoms with Gasteiger partial charge in [0.25, 0.3) is 11.2 Å². The second-order valence-corrected chi connectivity index (χ2v) is 11.5. The summed E-state index contributed by atoms with van der Waals surface area (Å²) >= 11 is 0. The third kappa shape index (κ3) is 5.78. The third-order valence-electron chi connectivity index (χ3n) is 5.98. The molecule has 0 unspecified atom stereocenters. The molecule has 0 saturated carbocycles. The van der Waals surface area contributed by atoms with Crippen molar-refractivity contribution in [2.75, 3.05) is 6.54 Å². The van der Waals surface area contributed by atoms with Crippen molar-refractivity contribution < 1.29 is 18.1 Å². The molecule has 2 aromatic carbocycles. The van der Waals surface area contributed by atoms with Crippen LogP contribution in [-0.4, -0.2) is 50.4 Å². The molecule has 2 aromatic heterocycles. The van der Waals surface area contributed by atoms with Crippen molar-refractivity contribution in [1.29, 1.82) is 0 Å². The van der Waals surface area contributed by atoms with Crippen molar-refractivity contribution in [3.8, 4) is 0 Å². The fraction of sp³-hybridized carbons (Fsp3) is 0.280. The van der Waals surface area contributed by atoms with E-state index in [4.69, 9.17) is 0 Å². The van der Waals surface area contributed by atoms with Crippen LogP contribution < -0.4 is 10.9 Å². The van der Waals surface area contributed by atoms with Gasteiger partial charge in [0.1, 0.15) is 11.7 Å². The van der Waals surface area contributed by atoms with Crippen molar-refractivity contribution in [2.45, 2.75) is 43.5 Å². The summed E-state index contributed by atoms with van der Waals surface area (Å²) in [5.74, 6) is -0.242. The van der Waals surface area contributed by atoms with E-state index in [1.54, 1.807) is 38.1 Å². The van der Waals surface area contributed by atoms with Crippen LogP contribution in [0, 0.1) is 10.1 Å². The van der Waals surface area contributed by atoms with Crippen LogP contribution in [0.4, 0.5) is 5.69 Å². The lowest BCUT2D eigenvalue weighted by Gasteiger charge is -2.09. The number of nitro groups is 1. The Bertz CT molecular complexity index is 1660. The molecule has 12 nitrogen and oxygen atoms in total. The van der Waals surface area contributed by atoms with Crippen LogP contribution in [0.15, 0.2) is 70.7 Å². The fourth-order valence-electron chi connectivity index (χ4n) is 3.86. The van der Waals surface area contributed by atoms with Gasteiger partial charge in [-0.1, -0.05) is 24.3 Å². The van der Waals surface area contributed by atoms with E-state index in [1.807, 2.05) is 0 Å². The number of hydrogen-bond donors (Lipinski definition) is 1. The maximum Gasteiger partial charge on any atom is 0.269 e. The normalized spacial score (nSPS) is 11.7. The van der Waals surface area contributed by atoms with Gasteiger partial charge in [-0.05, 0) is 37.1 Å². The first-order valence-corrected chi connectivity index (χ1v) is 13.3. The van der Waals surface area contributed by atoms with Crippen LogP contribution in [0.3, 0.4) is 0 Å². The standard InChI is InChI=1S/C25H26N6O6S/c1-17(2)38(36,37)21-8-6-18(7-9-21)13-23(32)26-10-11-30-24-22(14-28-30)25(33)29(16-27-24)15-19-4-3-5-20(12-19)31(34)35/h3-9,12,14,16-17H,10-11,13,15H2,1-2H3,(H,26,32). The van der Waals surface area contributed by atoms with Gasteiger partial charge < -0.3 is 5.32 Å². The number of hydrogen-bond acceptors (Lipinski definition) is 8. The second kappa shape index (κ2) is 10.9. The molecule has 2 heterocycles. The highest BCUT2D eigenvalue weighted by molar-refractivity contribution is 7.92. The number of aromatic nitrogens is 4. The van der Waals surface area contributed by atoms with Gasteiger partial charge in [-0.25, -0.2) is 18.1 Å². The average molecular weight is 539 g/mol. The lowest BCUT2D eigenvalue weighted by atomic mass is 10.1. The number of sulfone groups is 1. The minimum Gasteiger partial charge on any atom is -0.354 e. The van der Waals surface area contributed by atoms with Crippen LogP contribution in [0.25, 0.3) is 11.0 Å². The SMILES string of the molecule is CC(C)S(=O)(=O)c1ccc(CC(=O)NCCn2ncc3c(=O)n(Cc4cccc([N+](=O)[O-])c4)cnc32)cc1. The van der Waals surface area contributed by atoms with Gasteiger partial charge >= 0.3 is 0 Å². The minimum atomic E-state index is -3.37. The highest BCUT2D eigenvalue weighted by Gasteiger charge is 2.19. The van der Waals surface area contributed by atoms with Crippen molar-refractivity contribution >= 4 is 32.5 Å². The van der Waals surface area contributed by atoms with Crippen LogP contribution in [0.2, 0.25) is 0 Å². The number of nitrogens with zero attached hydrogens (tertiary/aromatic N) is 5. The van der Waals surface area contributed by atoms with E-state index in [9.17, 15) is 28.1 Å². The van der Waals surface area contributed by atoms with Crippen LogP contribution in [0.1, 0.15) is 25.0 Å². The largest absolute Gasteiger partial charge is 0.354 e. The predicted molar refractivity (Wildman–Crippen MR) is 139 cm³/mol. The molecule has 198 valence electrons. The third-order valence-corrected chi connectivity index (χ3v) is 8.15. The molecule has 4 aromatic rings. The first kappa shape index (κ1) is 26.7. The minimum absolute atomic E-state index is 0.0597. The van der Waals surface area contributed by atoms with E-state index < -0.39 is 20.0 Å². The number of fused-ring (bicyclic) bond motifs is 1. The maximum absolute atomic E-state index is 12.9. The zero-order chi connectivity index (χ0) is 27.4. The van der Waals surface area contributed by atoms with Crippen molar-refractivity contribution in [1.82, 2.24) is 24.6 Å². The van der Waals surface area contributed by atoms with Gasteiger partial charge in [-0.2, -0.15) is 5.10 Å². The number of carbonyl (C=O) groups is 1. The summed E-state index contributed by atoms with van der Waals surface area (Å²) in [4.78, 5) is 40.3. The van der Waals surface area contributed by atoms with E-state index >= 15 is 0 Å². The topological polar surface area (TPSA) is 159 Å². The van der Waals surface area contributed by atoms with Gasteiger partial charge in [0.05, 0.1) is 40.8 Å². The first-order valence-electron chi connectivity index (χ1n) is 11.8. The number of benzene rings is 2. The number of carbonyl (C=O) groups excluding carboxylic acids is 1. The Kier molecular flexibility index (Phi) is 7.67. The summed E-state index contributed by atoms with van der Waals surface area (Å²) in [6, 6.07) is 12.3. The molecule has 4 rings (SSSR count). The van der Waals surface area contributed by atoms with Crippen molar-refractivity contribution in [2.24, 2.45) is 0 Å². The number of nitro benzene ring substituents is 1. The lowest BCUT2D eigenvalue weighted by Crippen LogP contribution is -2.29. The van der Waals surface area contributed by atoms with Crippen LogP contribution in [0.5, 0.6) is 0 Å². The summed E-state index contributed by atoms with van der Waals surface area (Å²) < 4.78 is 27.3. The van der Waals surface area contributed by atoms with Crippen molar-refractivity contribution in [3.63, 3.8) is 0 Å². The molecule has 38 heavy (non-hydrogen) atoms. The summed E-state index contributed by atoms with van der Waals surface area (Å²) in [6.45, 7) is 3.88. The molecule has 1 N–H and O–H groups in total. The molecule has 0 atom stereocenters. The molecule has 0 fully saturated rings. The Labute approximate surface area is 218 Å². The smallest absolute Gasteiger partial charge is 0.269 e. The second-order valence-electron chi connectivity index (χ2n) is 8.97. The summed E-state index contributed by atoms with van der Waals surface area (Å²) in [6.07, 6.45) is 2.86. The highest BCUT2D eigenvalue weighted by atomic mass is 32.2. The molecule has 0 saturated heterocycles. The Morgan fingerprint density at radius 3 is 2.55 bits per heavy atom. The molecule has 0 spiro atoms. The van der Waals surface area contributed by atoms with Crippen LogP contribution >= 0.6 is 0 Å². The van der Waals surface area contributed by atoms with Gasteiger partial charge in [0.2, 0.25) is 5.91 Å². The molecule has 0 bridgehead atoms. The molecular formula is C25H26N6O6S. The Hall–Kier alpha value is -4.39. The van der Waals surface area contributed by atoms with E-state index in [1.165, 1.54) is 46.0 Å². The average Bonchev–Trinajstić information content (AvgIpc) is 3.30. The first-order chi connectivity index (χ1) is 18.1. The molecule has 0 radical (unpaired) electrons. The maximum atomic E-state index is 12.9. The Morgan fingerprint density at radius 2 is 1.87 bits per heavy atom. The van der Waals surface area contributed by atoms with Crippen molar-refractivity contribution in [3.05, 3.63) is 92.7 Å². The quantitative estimate of drug-likeness (QED) is 0.237. The Morgan fingerprint density at radius 1 is 1.13 bits per heavy atom. The lowest BCUT2D eigenvalue weighted by molar-refractivity contribution is -0.384. The molecule has 0 aliphatic heterocycles. The summed E-state index contributed by atoms with van der Waals surface area (Å²) in [5.41, 5.74) is 1.24. The number of rotatable bonds is 10.